The van der Waals surface area contributed by atoms with Gasteiger partial charge in [0.2, 0.25) is 5.91 Å². The van der Waals surface area contributed by atoms with Gasteiger partial charge in [-0.3, -0.25) is 9.59 Å². The normalized spacial score (nSPS) is 15.7. The first-order valence-electron chi connectivity index (χ1n) is 6.93. The third-order valence-electron chi connectivity index (χ3n) is 3.29. The van der Waals surface area contributed by atoms with E-state index < -0.39 is 6.10 Å². The summed E-state index contributed by atoms with van der Waals surface area (Å²) in [7, 11) is 0. The van der Waals surface area contributed by atoms with Gasteiger partial charge in [0.1, 0.15) is 0 Å². The topological polar surface area (TPSA) is 91.6 Å². The third-order valence-corrected chi connectivity index (χ3v) is 3.29. The first-order chi connectivity index (χ1) is 9.66. The summed E-state index contributed by atoms with van der Waals surface area (Å²) in [6.07, 6.45) is 4.00. The van der Waals surface area contributed by atoms with Crippen molar-refractivity contribution in [3.05, 3.63) is 24.2 Å². The third kappa shape index (κ3) is 4.70. The van der Waals surface area contributed by atoms with Gasteiger partial charge in [0.25, 0.3) is 5.91 Å². The molecule has 1 atom stereocenters. The van der Waals surface area contributed by atoms with Crippen LogP contribution in [0, 0.1) is 5.92 Å². The zero-order valence-corrected chi connectivity index (χ0v) is 11.3. The number of hydrogen-bond acceptors (Lipinski definition) is 4. The molecule has 2 amide bonds. The molecule has 0 radical (unpaired) electrons. The molecule has 6 heteroatoms. The second kappa shape index (κ2) is 7.09. The number of carbonyl (C=O) groups is 2. The van der Waals surface area contributed by atoms with Crippen molar-refractivity contribution in [1.82, 2.24) is 10.6 Å². The highest BCUT2D eigenvalue weighted by molar-refractivity contribution is 5.91. The maximum absolute atomic E-state index is 11.5. The van der Waals surface area contributed by atoms with E-state index in [4.69, 9.17) is 4.42 Å². The van der Waals surface area contributed by atoms with Crippen molar-refractivity contribution >= 4 is 11.8 Å². The molecule has 3 N–H and O–H groups in total. The van der Waals surface area contributed by atoms with Crippen LogP contribution < -0.4 is 10.6 Å². The summed E-state index contributed by atoms with van der Waals surface area (Å²) >= 11 is 0. The number of nitrogens with one attached hydrogen (secondary N) is 2. The van der Waals surface area contributed by atoms with Crippen LogP contribution >= 0.6 is 0 Å². The summed E-state index contributed by atoms with van der Waals surface area (Å²) in [6.45, 7) is 0.736. The fourth-order valence-electron chi connectivity index (χ4n) is 1.90. The molecule has 0 saturated heterocycles. The molecule has 1 aromatic rings. The van der Waals surface area contributed by atoms with Crippen molar-refractivity contribution in [3.63, 3.8) is 0 Å². The number of aliphatic hydroxyl groups excluding tert-OH is 1. The Hall–Kier alpha value is -1.82. The predicted octanol–water partition coefficient (Wildman–Crippen LogP) is 0.677. The Morgan fingerprint density at radius 1 is 1.40 bits per heavy atom. The zero-order chi connectivity index (χ0) is 14.4. The van der Waals surface area contributed by atoms with E-state index in [1.807, 2.05) is 0 Å². The molecule has 1 saturated carbocycles. The number of furan rings is 1. The minimum absolute atomic E-state index is 0.100. The van der Waals surface area contributed by atoms with Crippen molar-refractivity contribution in [2.75, 3.05) is 13.1 Å². The molecule has 0 spiro atoms. The lowest BCUT2D eigenvalue weighted by atomic mass is 10.2. The number of carbonyl (C=O) groups excluding carboxylic acids is 2. The molecule has 1 heterocycles. The average molecular weight is 280 g/mol. The van der Waals surface area contributed by atoms with Gasteiger partial charge in [-0.1, -0.05) is 0 Å². The molecule has 1 aliphatic rings. The van der Waals surface area contributed by atoms with Crippen molar-refractivity contribution in [2.24, 2.45) is 5.92 Å². The molecule has 0 aromatic carbocycles. The van der Waals surface area contributed by atoms with Crippen molar-refractivity contribution < 1.29 is 19.1 Å². The molecule has 1 aliphatic carbocycles. The van der Waals surface area contributed by atoms with Crippen LogP contribution in [0.4, 0.5) is 0 Å². The van der Waals surface area contributed by atoms with Crippen LogP contribution in [0.5, 0.6) is 0 Å². The maximum atomic E-state index is 11.5. The highest BCUT2D eigenvalue weighted by Gasteiger charge is 2.29. The van der Waals surface area contributed by atoms with Gasteiger partial charge >= 0.3 is 0 Å². The summed E-state index contributed by atoms with van der Waals surface area (Å²) in [5, 5.41) is 15.0. The second-order valence-corrected chi connectivity index (χ2v) is 5.05. The minimum atomic E-state index is -0.419. The van der Waals surface area contributed by atoms with Crippen LogP contribution in [0.15, 0.2) is 22.8 Å². The standard InChI is InChI=1S/C14H20N2O4/c17-11(10-5-6-10)9-16-13(18)4-1-7-15-14(19)12-3-2-8-20-12/h2-3,8,10-11,17H,1,4-7,9H2,(H,15,19)(H,16,18). The fraction of sp³-hybridized carbons (Fsp3) is 0.571. The Bertz CT molecular complexity index is 440. The van der Waals surface area contributed by atoms with E-state index in [9.17, 15) is 14.7 Å². The molecule has 1 fully saturated rings. The second-order valence-electron chi connectivity index (χ2n) is 5.05. The van der Waals surface area contributed by atoms with Crippen LogP contribution in [-0.4, -0.2) is 36.1 Å². The monoisotopic (exact) mass is 280 g/mol. The summed E-state index contributed by atoms with van der Waals surface area (Å²) in [5.41, 5.74) is 0. The van der Waals surface area contributed by atoms with Gasteiger partial charge in [0, 0.05) is 19.5 Å². The van der Waals surface area contributed by atoms with Crippen molar-refractivity contribution in [3.8, 4) is 0 Å². The number of rotatable bonds is 8. The van der Waals surface area contributed by atoms with Crippen LogP contribution in [0.1, 0.15) is 36.2 Å². The van der Waals surface area contributed by atoms with E-state index in [-0.39, 0.29) is 17.6 Å². The Kier molecular flexibility index (Phi) is 5.17. The first-order valence-corrected chi connectivity index (χ1v) is 6.93. The van der Waals surface area contributed by atoms with E-state index in [0.29, 0.717) is 31.8 Å². The first kappa shape index (κ1) is 14.6. The van der Waals surface area contributed by atoms with E-state index in [1.165, 1.54) is 6.26 Å². The molecule has 0 bridgehead atoms. The van der Waals surface area contributed by atoms with Crippen molar-refractivity contribution in [2.45, 2.75) is 31.8 Å². The van der Waals surface area contributed by atoms with E-state index in [1.54, 1.807) is 12.1 Å². The summed E-state index contributed by atoms with van der Waals surface area (Å²) in [6, 6.07) is 3.23. The Morgan fingerprint density at radius 3 is 2.85 bits per heavy atom. The quantitative estimate of drug-likeness (QED) is 0.611. The van der Waals surface area contributed by atoms with Crippen molar-refractivity contribution in [1.29, 1.82) is 0 Å². The Morgan fingerprint density at radius 2 is 2.20 bits per heavy atom. The Balaban J connectivity index is 1.51. The lowest BCUT2D eigenvalue weighted by molar-refractivity contribution is -0.121. The SMILES string of the molecule is O=C(CCCNC(=O)c1ccco1)NCC(O)C1CC1. The van der Waals surface area contributed by atoms with Gasteiger partial charge in [-0.05, 0) is 37.3 Å². The molecule has 20 heavy (non-hydrogen) atoms. The van der Waals surface area contributed by atoms with Gasteiger partial charge in [-0.2, -0.15) is 0 Å². The molecule has 6 nitrogen and oxygen atoms in total. The van der Waals surface area contributed by atoms with Gasteiger partial charge in [-0.25, -0.2) is 0 Å². The maximum Gasteiger partial charge on any atom is 0.286 e. The summed E-state index contributed by atoms with van der Waals surface area (Å²) in [5.74, 6) is 0.251. The highest BCUT2D eigenvalue weighted by Crippen LogP contribution is 2.32. The van der Waals surface area contributed by atoms with Gasteiger partial charge in [0.15, 0.2) is 5.76 Å². The highest BCUT2D eigenvalue weighted by atomic mass is 16.3. The zero-order valence-electron chi connectivity index (χ0n) is 11.3. The van der Waals surface area contributed by atoms with Crippen LogP contribution in [0.3, 0.4) is 0 Å². The number of hydrogen-bond donors (Lipinski definition) is 3. The molecule has 1 aromatic heterocycles. The van der Waals surface area contributed by atoms with E-state index in [0.717, 1.165) is 12.8 Å². The van der Waals surface area contributed by atoms with E-state index in [2.05, 4.69) is 10.6 Å². The number of aliphatic hydroxyl groups is 1. The molecule has 0 aliphatic heterocycles. The van der Waals surface area contributed by atoms with Crippen LogP contribution in [-0.2, 0) is 4.79 Å². The molecule has 2 rings (SSSR count). The van der Waals surface area contributed by atoms with E-state index >= 15 is 0 Å². The molecule has 110 valence electrons. The molecular weight excluding hydrogens is 260 g/mol. The van der Waals surface area contributed by atoms with Crippen LogP contribution in [0.2, 0.25) is 0 Å². The van der Waals surface area contributed by atoms with Gasteiger partial charge < -0.3 is 20.2 Å². The minimum Gasteiger partial charge on any atom is -0.459 e. The molecular formula is C14H20N2O4. The Labute approximate surface area is 117 Å². The summed E-state index contributed by atoms with van der Waals surface area (Å²) in [4.78, 5) is 23.0. The largest absolute Gasteiger partial charge is 0.459 e. The fourth-order valence-corrected chi connectivity index (χ4v) is 1.90. The van der Waals surface area contributed by atoms with Crippen LogP contribution in [0.25, 0.3) is 0 Å². The molecule has 1 unspecified atom stereocenters. The van der Waals surface area contributed by atoms with Gasteiger partial charge in [0.05, 0.1) is 12.4 Å². The summed E-state index contributed by atoms with van der Waals surface area (Å²) < 4.78 is 4.95. The average Bonchev–Trinajstić information content (AvgIpc) is 3.15. The predicted molar refractivity (Wildman–Crippen MR) is 72.0 cm³/mol. The lowest BCUT2D eigenvalue weighted by Gasteiger charge is -2.10. The lowest BCUT2D eigenvalue weighted by Crippen LogP contribution is -2.33. The smallest absolute Gasteiger partial charge is 0.286 e. The number of amides is 2. The van der Waals surface area contributed by atoms with Gasteiger partial charge in [-0.15, -0.1) is 0 Å².